The van der Waals surface area contributed by atoms with Crippen molar-refractivity contribution >= 4 is 0 Å². The van der Waals surface area contributed by atoms with Gasteiger partial charge in [-0.05, 0) is 26.0 Å². The van der Waals surface area contributed by atoms with E-state index >= 15 is 0 Å². The fourth-order valence-electron chi connectivity index (χ4n) is 1.74. The molecule has 5 nitrogen and oxygen atoms in total. The zero-order valence-corrected chi connectivity index (χ0v) is 10.3. The Morgan fingerprint density at radius 3 is 2.82 bits per heavy atom. The molecule has 0 saturated heterocycles. The van der Waals surface area contributed by atoms with Crippen LogP contribution in [0, 0.1) is 13.8 Å². The molecule has 0 bridgehead atoms. The lowest BCUT2D eigenvalue weighted by atomic mass is 10.2. The average Bonchev–Trinajstić information content (AvgIpc) is 2.74. The molecule has 0 fully saturated rings. The Morgan fingerprint density at radius 2 is 2.12 bits per heavy atom. The van der Waals surface area contributed by atoms with Crippen molar-refractivity contribution < 1.29 is 4.74 Å². The largest absolute Gasteiger partial charge is 0.383 e. The third-order valence-electron chi connectivity index (χ3n) is 2.62. The highest BCUT2D eigenvalue weighted by Crippen LogP contribution is 2.19. The monoisotopic (exact) mass is 232 g/mol. The molecule has 2 aromatic heterocycles. The van der Waals surface area contributed by atoms with E-state index in [0.29, 0.717) is 6.61 Å². The summed E-state index contributed by atoms with van der Waals surface area (Å²) in [6, 6.07) is 4.02. The molecule has 2 heterocycles. The van der Waals surface area contributed by atoms with Crippen LogP contribution in [0.25, 0.3) is 11.4 Å². The second kappa shape index (κ2) is 5.05. The van der Waals surface area contributed by atoms with Crippen molar-refractivity contribution in [3.05, 3.63) is 29.8 Å². The molecule has 0 unspecified atom stereocenters. The number of pyridine rings is 1. The first-order chi connectivity index (χ1) is 8.22. The molecule has 0 radical (unpaired) electrons. The minimum absolute atomic E-state index is 0.642. The average molecular weight is 232 g/mol. The number of aromatic nitrogens is 4. The molecule has 0 aliphatic carbocycles. The minimum atomic E-state index is 0.642. The SMILES string of the molecule is COCCn1cnnc1-c1ccc(C)nc1C. The second-order valence-corrected chi connectivity index (χ2v) is 3.93. The van der Waals surface area contributed by atoms with Crippen LogP contribution < -0.4 is 0 Å². The molecule has 2 rings (SSSR count). The number of aryl methyl sites for hydroxylation is 2. The van der Waals surface area contributed by atoms with Crippen molar-refractivity contribution in [1.82, 2.24) is 19.7 Å². The van der Waals surface area contributed by atoms with Gasteiger partial charge >= 0.3 is 0 Å². The van der Waals surface area contributed by atoms with Gasteiger partial charge in [0.05, 0.1) is 6.61 Å². The predicted octanol–water partition coefficient (Wildman–Crippen LogP) is 1.60. The first-order valence-electron chi connectivity index (χ1n) is 5.53. The lowest BCUT2D eigenvalue weighted by Crippen LogP contribution is -2.06. The summed E-state index contributed by atoms with van der Waals surface area (Å²) in [6.07, 6.45) is 1.72. The number of hydrogen-bond donors (Lipinski definition) is 0. The molecule has 0 aromatic carbocycles. The molecule has 0 spiro atoms. The quantitative estimate of drug-likeness (QED) is 0.803. The van der Waals surface area contributed by atoms with Crippen LogP contribution in [-0.2, 0) is 11.3 Å². The Bertz CT molecular complexity index is 507. The van der Waals surface area contributed by atoms with Crippen LogP contribution in [0.4, 0.5) is 0 Å². The lowest BCUT2D eigenvalue weighted by Gasteiger charge is -2.08. The number of hydrogen-bond acceptors (Lipinski definition) is 4. The number of ether oxygens (including phenoxy) is 1. The van der Waals surface area contributed by atoms with Gasteiger partial charge in [-0.25, -0.2) is 0 Å². The van der Waals surface area contributed by atoms with Crippen molar-refractivity contribution in [2.45, 2.75) is 20.4 Å². The van der Waals surface area contributed by atoms with Gasteiger partial charge < -0.3 is 9.30 Å². The van der Waals surface area contributed by atoms with E-state index in [0.717, 1.165) is 29.3 Å². The van der Waals surface area contributed by atoms with Gasteiger partial charge in [-0.15, -0.1) is 10.2 Å². The molecule has 0 aliphatic heterocycles. The fourth-order valence-corrected chi connectivity index (χ4v) is 1.74. The van der Waals surface area contributed by atoms with Crippen LogP contribution in [0.1, 0.15) is 11.4 Å². The van der Waals surface area contributed by atoms with Crippen molar-refractivity contribution in [3.8, 4) is 11.4 Å². The molecule has 0 saturated carbocycles. The maximum atomic E-state index is 5.06. The van der Waals surface area contributed by atoms with Crippen molar-refractivity contribution in [2.24, 2.45) is 0 Å². The van der Waals surface area contributed by atoms with Gasteiger partial charge in [-0.3, -0.25) is 4.98 Å². The summed E-state index contributed by atoms with van der Waals surface area (Å²) in [5, 5.41) is 8.09. The van der Waals surface area contributed by atoms with Crippen molar-refractivity contribution in [3.63, 3.8) is 0 Å². The van der Waals surface area contributed by atoms with Crippen LogP contribution >= 0.6 is 0 Å². The van der Waals surface area contributed by atoms with Gasteiger partial charge in [0.2, 0.25) is 0 Å². The van der Waals surface area contributed by atoms with E-state index in [-0.39, 0.29) is 0 Å². The van der Waals surface area contributed by atoms with Crippen molar-refractivity contribution in [2.75, 3.05) is 13.7 Å². The standard InChI is InChI=1S/C12H16N4O/c1-9-4-5-11(10(2)14-9)12-15-13-8-16(12)6-7-17-3/h4-5,8H,6-7H2,1-3H3. The summed E-state index contributed by atoms with van der Waals surface area (Å²) >= 11 is 0. The van der Waals surface area contributed by atoms with Gasteiger partial charge in [0, 0.05) is 30.6 Å². The molecule has 90 valence electrons. The van der Waals surface area contributed by atoms with Crippen LogP contribution in [0.2, 0.25) is 0 Å². The Hall–Kier alpha value is -1.75. The van der Waals surface area contributed by atoms with E-state index in [9.17, 15) is 0 Å². The molecular formula is C12H16N4O. The van der Waals surface area contributed by atoms with Crippen LogP contribution in [0.15, 0.2) is 18.5 Å². The van der Waals surface area contributed by atoms with E-state index in [1.165, 1.54) is 0 Å². The van der Waals surface area contributed by atoms with E-state index in [1.807, 2.05) is 30.5 Å². The Kier molecular flexibility index (Phi) is 3.49. The third-order valence-corrected chi connectivity index (χ3v) is 2.62. The molecule has 0 N–H and O–H groups in total. The van der Waals surface area contributed by atoms with Crippen LogP contribution in [0.5, 0.6) is 0 Å². The van der Waals surface area contributed by atoms with Gasteiger partial charge in [-0.2, -0.15) is 0 Å². The summed E-state index contributed by atoms with van der Waals surface area (Å²) in [4.78, 5) is 4.44. The topological polar surface area (TPSA) is 52.8 Å². The Morgan fingerprint density at radius 1 is 1.29 bits per heavy atom. The Labute approximate surface area is 100 Å². The molecular weight excluding hydrogens is 216 g/mol. The van der Waals surface area contributed by atoms with Gasteiger partial charge in [-0.1, -0.05) is 0 Å². The summed E-state index contributed by atoms with van der Waals surface area (Å²) in [7, 11) is 1.68. The maximum absolute atomic E-state index is 5.06. The van der Waals surface area contributed by atoms with Crippen LogP contribution in [0.3, 0.4) is 0 Å². The highest BCUT2D eigenvalue weighted by Gasteiger charge is 2.10. The third kappa shape index (κ3) is 2.50. The minimum Gasteiger partial charge on any atom is -0.383 e. The van der Waals surface area contributed by atoms with E-state index < -0.39 is 0 Å². The zero-order chi connectivity index (χ0) is 12.3. The second-order valence-electron chi connectivity index (χ2n) is 3.93. The van der Waals surface area contributed by atoms with E-state index in [1.54, 1.807) is 13.4 Å². The van der Waals surface area contributed by atoms with Crippen LogP contribution in [-0.4, -0.2) is 33.5 Å². The highest BCUT2D eigenvalue weighted by molar-refractivity contribution is 5.57. The smallest absolute Gasteiger partial charge is 0.165 e. The summed E-state index contributed by atoms with van der Waals surface area (Å²) in [6.45, 7) is 5.35. The molecule has 17 heavy (non-hydrogen) atoms. The zero-order valence-electron chi connectivity index (χ0n) is 10.3. The normalized spacial score (nSPS) is 10.8. The van der Waals surface area contributed by atoms with Gasteiger partial charge in [0.15, 0.2) is 5.82 Å². The lowest BCUT2D eigenvalue weighted by molar-refractivity contribution is 0.187. The highest BCUT2D eigenvalue weighted by atomic mass is 16.5. The summed E-state index contributed by atoms with van der Waals surface area (Å²) in [5.74, 6) is 0.840. The molecule has 0 amide bonds. The number of methoxy groups -OCH3 is 1. The summed E-state index contributed by atoms with van der Waals surface area (Å²) in [5.41, 5.74) is 3.00. The summed E-state index contributed by atoms with van der Waals surface area (Å²) < 4.78 is 7.04. The number of rotatable bonds is 4. The predicted molar refractivity (Wildman–Crippen MR) is 64.6 cm³/mol. The van der Waals surface area contributed by atoms with Gasteiger partial charge in [0.1, 0.15) is 6.33 Å². The first-order valence-corrected chi connectivity index (χ1v) is 5.53. The molecule has 0 aliphatic rings. The molecule has 2 aromatic rings. The van der Waals surface area contributed by atoms with Crippen molar-refractivity contribution in [1.29, 1.82) is 0 Å². The first kappa shape index (κ1) is 11.7. The van der Waals surface area contributed by atoms with E-state index in [4.69, 9.17) is 4.74 Å². The molecule has 5 heteroatoms. The van der Waals surface area contributed by atoms with E-state index in [2.05, 4.69) is 15.2 Å². The van der Waals surface area contributed by atoms with Gasteiger partial charge in [0.25, 0.3) is 0 Å². The number of nitrogens with zero attached hydrogens (tertiary/aromatic N) is 4. The maximum Gasteiger partial charge on any atom is 0.165 e. The Balaban J connectivity index is 2.35. The fraction of sp³-hybridized carbons (Fsp3) is 0.417. The molecule has 0 atom stereocenters.